The molecule has 0 aromatic rings. The summed E-state index contributed by atoms with van der Waals surface area (Å²) in [5, 5.41) is 12.2. The Morgan fingerprint density at radius 2 is 2.03 bits per heavy atom. The van der Waals surface area contributed by atoms with E-state index in [1.807, 2.05) is 0 Å². The molecular formula is C18H21Cl3N2O7S2. The first-order valence-corrected chi connectivity index (χ1v) is 12.4. The van der Waals surface area contributed by atoms with E-state index in [0.29, 0.717) is 9.99 Å². The highest BCUT2D eigenvalue weighted by atomic mass is 35.5. The van der Waals surface area contributed by atoms with Crippen LogP contribution in [-0.2, 0) is 23.9 Å². The largest absolute Gasteiger partial charge is 0.510 e. The van der Waals surface area contributed by atoms with Crippen molar-refractivity contribution in [2.24, 2.45) is 5.92 Å². The van der Waals surface area contributed by atoms with Crippen LogP contribution in [0.25, 0.3) is 0 Å². The van der Waals surface area contributed by atoms with Crippen LogP contribution < -0.4 is 5.32 Å². The van der Waals surface area contributed by atoms with Gasteiger partial charge in [0.15, 0.2) is 10.5 Å². The lowest BCUT2D eigenvalue weighted by Crippen LogP contribution is -2.70. The lowest BCUT2D eigenvalue weighted by molar-refractivity contribution is -0.167. The van der Waals surface area contributed by atoms with Crippen LogP contribution in [0.3, 0.4) is 0 Å². The number of thioether (sulfide) groups is 2. The molecule has 0 saturated carbocycles. The standard InChI is InChI=1S/C18H21Cl3N2O7S2/c1-4-6-18-10(8(2)29-17(28)30-13(21)12(19)20)14(25)23(18)11(15(26)27)16(32-18)31-7-5-9(24)22-3/h4,8,10,12-13H,1,5-7H2,2-3H3,(H,22,24)(H,26,27)/t8?,10-,13?,18+/m0/s1. The minimum Gasteiger partial charge on any atom is -0.477 e. The maximum Gasteiger partial charge on any atom is 0.510 e. The van der Waals surface area contributed by atoms with Gasteiger partial charge in [-0.25, -0.2) is 9.59 Å². The maximum absolute atomic E-state index is 13.0. The number of carbonyl (C=O) groups excluding carboxylic acids is 3. The molecule has 9 nitrogen and oxygen atoms in total. The van der Waals surface area contributed by atoms with E-state index in [1.165, 1.54) is 42.4 Å². The normalized spacial score (nSPS) is 23.9. The number of rotatable bonds is 11. The fourth-order valence-corrected chi connectivity index (χ4v) is 6.74. The monoisotopic (exact) mass is 546 g/mol. The number of amides is 2. The van der Waals surface area contributed by atoms with Crippen molar-refractivity contribution in [2.75, 3.05) is 12.8 Å². The van der Waals surface area contributed by atoms with Gasteiger partial charge < -0.3 is 19.9 Å². The molecule has 2 aliphatic rings. The van der Waals surface area contributed by atoms with Crippen molar-refractivity contribution in [1.29, 1.82) is 0 Å². The minimum atomic E-state index is -1.35. The van der Waals surface area contributed by atoms with E-state index >= 15 is 0 Å². The van der Waals surface area contributed by atoms with Gasteiger partial charge in [0.1, 0.15) is 16.9 Å². The topological polar surface area (TPSA) is 122 Å². The molecule has 178 valence electrons. The first-order valence-electron chi connectivity index (χ1n) is 9.24. The molecule has 1 saturated heterocycles. The average Bonchev–Trinajstić information content (AvgIpc) is 2.97. The highest BCUT2D eigenvalue weighted by Crippen LogP contribution is 2.63. The Labute approximate surface area is 208 Å². The second kappa shape index (κ2) is 11.2. The van der Waals surface area contributed by atoms with Crippen LogP contribution in [0.2, 0.25) is 0 Å². The van der Waals surface area contributed by atoms with Crippen molar-refractivity contribution in [3.8, 4) is 0 Å². The fourth-order valence-electron chi connectivity index (χ4n) is 3.37. The first kappa shape index (κ1) is 27.0. The van der Waals surface area contributed by atoms with Crippen molar-refractivity contribution >= 4 is 82.3 Å². The van der Waals surface area contributed by atoms with E-state index in [1.54, 1.807) is 6.08 Å². The Kier molecular flexibility index (Phi) is 9.47. The molecule has 2 rings (SSSR count). The zero-order chi connectivity index (χ0) is 24.2. The number of alkyl halides is 3. The number of fused-ring (bicyclic) bond motifs is 1. The minimum absolute atomic E-state index is 0.164. The highest BCUT2D eigenvalue weighted by Gasteiger charge is 2.68. The van der Waals surface area contributed by atoms with E-state index in [4.69, 9.17) is 44.3 Å². The zero-order valence-corrected chi connectivity index (χ0v) is 20.9. The molecule has 0 bridgehead atoms. The summed E-state index contributed by atoms with van der Waals surface area (Å²) in [4.78, 5) is 47.4. The van der Waals surface area contributed by atoms with E-state index in [0.717, 1.165) is 0 Å². The molecule has 0 aliphatic carbocycles. The highest BCUT2D eigenvalue weighted by molar-refractivity contribution is 8.23. The number of β-lactam (4-membered cyclic amide) rings is 1. The number of halogens is 3. The van der Waals surface area contributed by atoms with Crippen LogP contribution in [0.1, 0.15) is 19.8 Å². The number of nitrogens with one attached hydrogen (secondary N) is 1. The van der Waals surface area contributed by atoms with Crippen LogP contribution >= 0.6 is 58.3 Å². The molecule has 1 fully saturated rings. The lowest BCUT2D eigenvalue weighted by atomic mass is 9.80. The van der Waals surface area contributed by atoms with Gasteiger partial charge in [-0.1, -0.05) is 52.6 Å². The van der Waals surface area contributed by atoms with Crippen molar-refractivity contribution in [3.63, 3.8) is 0 Å². The van der Waals surface area contributed by atoms with Gasteiger partial charge in [-0.2, -0.15) is 0 Å². The predicted octanol–water partition coefficient (Wildman–Crippen LogP) is 3.50. The molecule has 14 heteroatoms. The molecule has 0 radical (unpaired) electrons. The molecular weight excluding hydrogens is 527 g/mol. The number of carboxylic acid groups (broad SMARTS) is 1. The molecule has 32 heavy (non-hydrogen) atoms. The second-order valence-corrected chi connectivity index (χ2v) is 11.0. The maximum atomic E-state index is 13.0. The third-order valence-electron chi connectivity index (χ3n) is 4.68. The summed E-state index contributed by atoms with van der Waals surface area (Å²) in [6, 6.07) is 0. The van der Waals surface area contributed by atoms with Crippen LogP contribution in [0, 0.1) is 5.92 Å². The fraction of sp³-hybridized carbons (Fsp3) is 0.556. The third-order valence-corrected chi connectivity index (χ3v) is 8.54. The number of hydrogen-bond acceptors (Lipinski definition) is 8. The van der Waals surface area contributed by atoms with E-state index < -0.39 is 45.3 Å². The van der Waals surface area contributed by atoms with Gasteiger partial charge in [0.2, 0.25) is 17.4 Å². The molecule has 2 heterocycles. The van der Waals surface area contributed by atoms with Gasteiger partial charge in [-0.15, -0.1) is 18.3 Å². The van der Waals surface area contributed by atoms with E-state index in [-0.39, 0.29) is 24.4 Å². The van der Waals surface area contributed by atoms with Gasteiger partial charge in [-0.05, 0) is 13.3 Å². The van der Waals surface area contributed by atoms with Crippen molar-refractivity contribution in [1.82, 2.24) is 10.2 Å². The number of nitrogens with zero attached hydrogens (tertiary/aromatic N) is 1. The van der Waals surface area contributed by atoms with Crippen molar-refractivity contribution < 1.29 is 33.8 Å². The summed E-state index contributed by atoms with van der Waals surface area (Å²) in [7, 11) is 1.51. The molecule has 0 aromatic heterocycles. The summed E-state index contributed by atoms with van der Waals surface area (Å²) in [5.74, 6) is -2.53. The summed E-state index contributed by atoms with van der Waals surface area (Å²) in [6.07, 6.45) is -0.175. The molecule has 4 atom stereocenters. The van der Waals surface area contributed by atoms with Crippen molar-refractivity contribution in [3.05, 3.63) is 22.6 Å². The summed E-state index contributed by atoms with van der Waals surface area (Å²) in [6.45, 7) is 5.20. The number of ether oxygens (including phenoxy) is 2. The Balaban J connectivity index is 2.21. The molecule has 2 unspecified atom stereocenters. The quantitative estimate of drug-likeness (QED) is 0.173. The molecule has 0 aromatic carbocycles. The molecule has 2 amide bonds. The smallest absolute Gasteiger partial charge is 0.477 e. The van der Waals surface area contributed by atoms with Crippen molar-refractivity contribution in [2.45, 2.75) is 41.1 Å². The van der Waals surface area contributed by atoms with Gasteiger partial charge in [-0.3, -0.25) is 14.5 Å². The predicted molar refractivity (Wildman–Crippen MR) is 123 cm³/mol. The average molecular weight is 548 g/mol. The number of hydrogen-bond donors (Lipinski definition) is 2. The third kappa shape index (κ3) is 5.44. The van der Waals surface area contributed by atoms with Crippen LogP contribution in [-0.4, -0.2) is 68.1 Å². The van der Waals surface area contributed by atoms with Gasteiger partial charge >= 0.3 is 12.1 Å². The molecule has 0 spiro atoms. The Hall–Kier alpha value is -1.27. The number of aliphatic carboxylic acids is 1. The summed E-state index contributed by atoms with van der Waals surface area (Å²) >= 11 is 19.1. The summed E-state index contributed by atoms with van der Waals surface area (Å²) in [5.41, 5.74) is -1.51. The number of carboxylic acids is 1. The first-order chi connectivity index (χ1) is 15.0. The Morgan fingerprint density at radius 1 is 1.38 bits per heavy atom. The second-order valence-electron chi connectivity index (χ2n) is 6.68. The van der Waals surface area contributed by atoms with Gasteiger partial charge in [0.25, 0.3) is 0 Å². The SMILES string of the molecule is C=CC[C@]12SC(SCCC(=O)NC)=C(C(=O)O)N1C(=O)[C@@H]2C(C)OC(=O)OC(Cl)C(Cl)Cl. The summed E-state index contributed by atoms with van der Waals surface area (Å²) < 4.78 is 10.3. The van der Waals surface area contributed by atoms with Crippen LogP contribution in [0.5, 0.6) is 0 Å². The van der Waals surface area contributed by atoms with Gasteiger partial charge in [0, 0.05) is 19.2 Å². The lowest BCUT2D eigenvalue weighted by Gasteiger charge is -2.54. The number of carbonyl (C=O) groups is 4. The zero-order valence-electron chi connectivity index (χ0n) is 17.0. The van der Waals surface area contributed by atoms with Crippen LogP contribution in [0.4, 0.5) is 4.79 Å². The Morgan fingerprint density at radius 3 is 2.56 bits per heavy atom. The molecule has 2 N–H and O–H groups in total. The Bertz CT molecular complexity index is 841. The molecule has 2 aliphatic heterocycles. The van der Waals surface area contributed by atoms with E-state index in [2.05, 4.69) is 11.9 Å². The van der Waals surface area contributed by atoms with Gasteiger partial charge in [0.05, 0.1) is 4.24 Å². The van der Waals surface area contributed by atoms with Crippen LogP contribution in [0.15, 0.2) is 22.6 Å². The van der Waals surface area contributed by atoms with E-state index in [9.17, 15) is 24.3 Å².